The van der Waals surface area contributed by atoms with E-state index in [-0.39, 0.29) is 18.2 Å². The minimum atomic E-state index is -0.574. The van der Waals surface area contributed by atoms with Gasteiger partial charge in [0.15, 0.2) is 6.10 Å². The number of benzene rings is 2. The lowest BCUT2D eigenvalue weighted by Crippen LogP contribution is -2.40. The number of hydrogen-bond donors (Lipinski definition) is 0. The molecule has 4 nitrogen and oxygen atoms in total. The second-order valence-corrected chi connectivity index (χ2v) is 7.68. The molecule has 2 aliphatic heterocycles. The van der Waals surface area contributed by atoms with Crippen molar-refractivity contribution in [1.29, 1.82) is 0 Å². The van der Waals surface area contributed by atoms with Crippen LogP contribution < -0.4 is 0 Å². The summed E-state index contributed by atoms with van der Waals surface area (Å²) in [5.41, 5.74) is 1.75. The van der Waals surface area contributed by atoms with Crippen molar-refractivity contribution in [1.82, 2.24) is 4.90 Å². The van der Waals surface area contributed by atoms with Gasteiger partial charge in [0, 0.05) is 15.6 Å². The van der Waals surface area contributed by atoms with Gasteiger partial charge >= 0.3 is 0 Å². The van der Waals surface area contributed by atoms with Gasteiger partial charge in [0.1, 0.15) is 12.3 Å². The Hall–Kier alpha value is -1.59. The second kappa shape index (κ2) is 7.80. The summed E-state index contributed by atoms with van der Waals surface area (Å²) in [4.78, 5) is 15.2. The van der Waals surface area contributed by atoms with Gasteiger partial charge in [0.25, 0.3) is 5.91 Å². The average Bonchev–Trinajstić information content (AvgIpc) is 3.34. The van der Waals surface area contributed by atoms with Gasteiger partial charge in [-0.05, 0) is 24.1 Å². The van der Waals surface area contributed by atoms with Crippen molar-refractivity contribution in [3.8, 4) is 0 Å². The van der Waals surface area contributed by atoms with Crippen molar-refractivity contribution in [2.24, 2.45) is 0 Å². The molecule has 142 valence electrons. The molecule has 1 amide bonds. The highest BCUT2D eigenvalue weighted by molar-refractivity contribution is 6.36. The molecule has 2 aliphatic rings. The van der Waals surface area contributed by atoms with E-state index in [1.54, 1.807) is 18.2 Å². The zero-order chi connectivity index (χ0) is 19.0. The van der Waals surface area contributed by atoms with Crippen LogP contribution in [-0.4, -0.2) is 29.7 Å². The maximum atomic E-state index is 13.3. The van der Waals surface area contributed by atoms with E-state index < -0.39 is 12.2 Å². The number of hydrogen-bond acceptors (Lipinski definition) is 3. The highest BCUT2D eigenvalue weighted by Gasteiger charge is 2.53. The number of rotatable bonds is 5. The fourth-order valence-corrected chi connectivity index (χ4v) is 4.32. The van der Waals surface area contributed by atoms with Crippen LogP contribution in [0, 0.1) is 0 Å². The smallest absolute Gasteiger partial charge is 0.257 e. The summed E-state index contributed by atoms with van der Waals surface area (Å²) in [5, 5.41) is 1.04. The van der Waals surface area contributed by atoms with Crippen LogP contribution >= 0.6 is 23.2 Å². The molecule has 6 heteroatoms. The third kappa shape index (κ3) is 3.59. The molecule has 0 spiro atoms. The molecule has 2 saturated heterocycles. The van der Waals surface area contributed by atoms with Crippen molar-refractivity contribution < 1.29 is 14.3 Å². The summed E-state index contributed by atoms with van der Waals surface area (Å²) in [6, 6.07) is 15.2. The summed E-state index contributed by atoms with van der Waals surface area (Å²) in [7, 11) is 0. The summed E-state index contributed by atoms with van der Waals surface area (Å²) in [6.45, 7) is 2.58. The topological polar surface area (TPSA) is 42.1 Å². The lowest BCUT2D eigenvalue weighted by molar-refractivity contribution is -0.139. The Kier molecular flexibility index (Phi) is 5.42. The van der Waals surface area contributed by atoms with E-state index in [1.807, 2.05) is 35.2 Å². The van der Waals surface area contributed by atoms with Crippen molar-refractivity contribution in [3.63, 3.8) is 0 Å². The predicted molar refractivity (Wildman–Crippen MR) is 105 cm³/mol. The number of halogens is 2. The van der Waals surface area contributed by atoms with Crippen LogP contribution in [-0.2, 0) is 14.3 Å². The number of amides is 1. The van der Waals surface area contributed by atoms with Crippen molar-refractivity contribution >= 4 is 29.1 Å². The Morgan fingerprint density at radius 3 is 2.48 bits per heavy atom. The molecule has 2 aromatic carbocycles. The van der Waals surface area contributed by atoms with Gasteiger partial charge in [-0.3, -0.25) is 4.79 Å². The largest absolute Gasteiger partial charge is 0.356 e. The molecule has 0 radical (unpaired) electrons. The molecule has 0 unspecified atom stereocenters. The fraction of sp³-hybridized carbons (Fsp3) is 0.381. The van der Waals surface area contributed by atoms with Crippen LogP contribution in [0.25, 0.3) is 0 Å². The van der Waals surface area contributed by atoms with Crippen LogP contribution in [0.3, 0.4) is 0 Å². The maximum absolute atomic E-state index is 13.3. The molecular formula is C21H21Cl2NO3. The molecule has 0 N–H and O–H groups in total. The third-order valence-corrected chi connectivity index (χ3v) is 5.75. The van der Waals surface area contributed by atoms with E-state index >= 15 is 0 Å². The van der Waals surface area contributed by atoms with Gasteiger partial charge in [-0.1, -0.05) is 72.9 Å². The molecule has 2 fully saturated rings. The van der Waals surface area contributed by atoms with Crippen molar-refractivity contribution in [2.75, 3.05) is 6.61 Å². The van der Waals surface area contributed by atoms with E-state index in [0.717, 1.165) is 18.4 Å². The molecular weight excluding hydrogens is 385 g/mol. The van der Waals surface area contributed by atoms with Gasteiger partial charge in [-0.15, -0.1) is 0 Å². The average molecular weight is 406 g/mol. The minimum Gasteiger partial charge on any atom is -0.356 e. The first kappa shape index (κ1) is 18.8. The normalized spacial score (nSPS) is 27.0. The number of carbonyl (C=O) groups is 1. The van der Waals surface area contributed by atoms with E-state index in [0.29, 0.717) is 22.2 Å². The molecule has 0 bridgehead atoms. The lowest BCUT2D eigenvalue weighted by atomic mass is 10.0. The molecule has 4 rings (SSSR count). The number of ether oxygens (including phenoxy) is 2. The number of carbonyl (C=O) groups excluding carboxylic acids is 1. The highest BCUT2D eigenvalue weighted by atomic mass is 35.5. The van der Waals surface area contributed by atoms with Gasteiger partial charge in [-0.25, -0.2) is 0 Å². The zero-order valence-corrected chi connectivity index (χ0v) is 16.5. The minimum absolute atomic E-state index is 0.0687. The van der Waals surface area contributed by atoms with Gasteiger partial charge < -0.3 is 14.4 Å². The number of epoxide rings is 1. The van der Waals surface area contributed by atoms with Crippen molar-refractivity contribution in [2.45, 2.75) is 44.2 Å². The molecule has 4 atom stereocenters. The third-order valence-electron chi connectivity index (χ3n) is 5.09. The van der Waals surface area contributed by atoms with E-state index in [4.69, 9.17) is 32.7 Å². The Bertz CT molecular complexity index is 809. The van der Waals surface area contributed by atoms with Gasteiger partial charge in [-0.2, -0.15) is 0 Å². The summed E-state index contributed by atoms with van der Waals surface area (Å²) in [5.74, 6) is -0.0687. The Morgan fingerprint density at radius 2 is 1.81 bits per heavy atom. The van der Waals surface area contributed by atoms with Gasteiger partial charge in [0.2, 0.25) is 0 Å². The monoisotopic (exact) mass is 405 g/mol. The first-order valence-corrected chi connectivity index (χ1v) is 9.95. The Balaban J connectivity index is 1.58. The molecule has 27 heavy (non-hydrogen) atoms. The van der Waals surface area contributed by atoms with Crippen LogP contribution in [0.1, 0.15) is 43.0 Å². The Labute approximate surface area is 169 Å². The lowest BCUT2D eigenvalue weighted by Gasteiger charge is -2.28. The molecule has 0 saturated carbocycles. The summed E-state index contributed by atoms with van der Waals surface area (Å²) >= 11 is 12.6. The van der Waals surface area contributed by atoms with Crippen LogP contribution in [0.2, 0.25) is 10.0 Å². The second-order valence-electron chi connectivity index (χ2n) is 6.86. The first-order valence-electron chi connectivity index (χ1n) is 9.20. The van der Waals surface area contributed by atoms with E-state index in [1.165, 1.54) is 0 Å². The summed E-state index contributed by atoms with van der Waals surface area (Å²) in [6.07, 6.45) is 0.507. The molecule has 0 aliphatic carbocycles. The first-order chi connectivity index (χ1) is 13.1. The van der Waals surface area contributed by atoms with E-state index in [9.17, 15) is 4.79 Å². The predicted octanol–water partition coefficient (Wildman–Crippen LogP) is 5.16. The van der Waals surface area contributed by atoms with Crippen LogP contribution in [0.15, 0.2) is 48.5 Å². The standard InChI is InChI=1S/C21H21Cl2NO3/c1-2-7-17-24(16(12-26-17)13-8-4-3-5-9-13)21(25)20-19(27-20)18-14(22)10-6-11-15(18)23/h3-6,8-11,16-17,19-20H,2,7,12H2,1H3/t16-,17-,19-,20+/m0/s1. The van der Waals surface area contributed by atoms with Gasteiger partial charge in [0.05, 0.1) is 12.6 Å². The molecule has 0 aromatic heterocycles. The quantitative estimate of drug-likeness (QED) is 0.645. The number of nitrogens with zero attached hydrogens (tertiary/aromatic N) is 1. The van der Waals surface area contributed by atoms with Crippen LogP contribution in [0.4, 0.5) is 0 Å². The SMILES string of the molecule is CCC[C@@H]1OC[C@@H](c2ccccc2)N1C(=O)[C@@H]1O[C@H]1c1c(Cl)cccc1Cl. The zero-order valence-electron chi connectivity index (χ0n) is 15.0. The summed E-state index contributed by atoms with van der Waals surface area (Å²) < 4.78 is 11.7. The molecule has 2 heterocycles. The van der Waals surface area contributed by atoms with Crippen molar-refractivity contribution in [3.05, 3.63) is 69.7 Å². The maximum Gasteiger partial charge on any atom is 0.257 e. The fourth-order valence-electron chi connectivity index (χ4n) is 3.71. The van der Waals surface area contributed by atoms with Crippen LogP contribution in [0.5, 0.6) is 0 Å². The highest BCUT2D eigenvalue weighted by Crippen LogP contribution is 2.47. The molecule has 2 aromatic rings. The Morgan fingerprint density at radius 1 is 1.11 bits per heavy atom. The van der Waals surface area contributed by atoms with E-state index in [2.05, 4.69) is 6.92 Å².